The molecule has 5 atom stereocenters. The normalized spacial score (nSPS) is 47.2. The molecule has 4 rings (SSSR count). The minimum absolute atomic E-state index is 0.0750. The van der Waals surface area contributed by atoms with E-state index in [4.69, 9.17) is 0 Å². The molecule has 2 bridgehead atoms. The van der Waals surface area contributed by atoms with Gasteiger partial charge in [0.05, 0.1) is 4.87 Å². The van der Waals surface area contributed by atoms with E-state index in [1.807, 2.05) is 4.90 Å². The third kappa shape index (κ3) is 1.92. The Bertz CT molecular complexity index is 577. The Morgan fingerprint density at radius 3 is 2.61 bits per heavy atom. The van der Waals surface area contributed by atoms with Crippen LogP contribution >= 0.6 is 11.8 Å². The molecular weight excluding hydrogens is 308 g/mol. The van der Waals surface area contributed by atoms with Gasteiger partial charge in [-0.2, -0.15) is 0 Å². The average molecular weight is 337 g/mol. The van der Waals surface area contributed by atoms with E-state index in [2.05, 4.69) is 33.0 Å². The molecule has 0 spiro atoms. The van der Waals surface area contributed by atoms with Crippen LogP contribution in [0.15, 0.2) is 0 Å². The van der Waals surface area contributed by atoms with Crippen molar-refractivity contribution in [2.75, 3.05) is 5.75 Å². The summed E-state index contributed by atoms with van der Waals surface area (Å²) in [6, 6.07) is -0.0100. The molecule has 0 radical (unpaired) electrons. The molecule has 0 aromatic carbocycles. The number of nitrogens with one attached hydrogen (secondary N) is 1. The van der Waals surface area contributed by atoms with Crippen molar-refractivity contribution in [1.82, 2.24) is 10.2 Å². The quantitative estimate of drug-likeness (QED) is 0.843. The Balaban J connectivity index is 1.51. The molecule has 1 N–H and O–H groups in total. The first-order valence-electron chi connectivity index (χ1n) is 8.95. The lowest BCUT2D eigenvalue weighted by atomic mass is 9.69. The molecule has 2 amide bonds. The van der Waals surface area contributed by atoms with Crippen molar-refractivity contribution in [2.45, 2.75) is 76.8 Å². The third-order valence-electron chi connectivity index (χ3n) is 7.86. The van der Waals surface area contributed by atoms with Crippen molar-refractivity contribution in [3.8, 4) is 0 Å². The molecule has 0 aromatic heterocycles. The van der Waals surface area contributed by atoms with Crippen LogP contribution in [-0.4, -0.2) is 39.4 Å². The zero-order valence-corrected chi connectivity index (χ0v) is 15.5. The van der Waals surface area contributed by atoms with Crippen molar-refractivity contribution in [3.63, 3.8) is 0 Å². The second-order valence-electron chi connectivity index (χ2n) is 8.94. The molecule has 4 fully saturated rings. The third-order valence-corrected chi connectivity index (χ3v) is 9.36. The number of amides is 2. The number of fused-ring (bicyclic) bond motifs is 3. The lowest BCUT2D eigenvalue weighted by Crippen LogP contribution is -2.55. The van der Waals surface area contributed by atoms with Crippen molar-refractivity contribution in [1.29, 1.82) is 0 Å². The molecule has 0 aromatic rings. The summed E-state index contributed by atoms with van der Waals surface area (Å²) in [6.07, 6.45) is 5.05. The Morgan fingerprint density at radius 1 is 1.26 bits per heavy atom. The van der Waals surface area contributed by atoms with Gasteiger partial charge in [0, 0.05) is 18.2 Å². The number of nitrogens with zero attached hydrogens (tertiary/aromatic N) is 1. The Hall–Kier alpha value is -0.710. The molecule has 2 saturated carbocycles. The minimum Gasteiger partial charge on any atom is -0.351 e. The van der Waals surface area contributed by atoms with Gasteiger partial charge in [0.25, 0.3) is 0 Å². The standard InChI is InChI=1S/C18H28N2O2S/c1-16(2)11-5-7-17(16,3)13(9-11)19-15(22)12-10-23-18(4)8-6-14(21)20(12)18/h11-13H,5-10H2,1-4H3,(H,19,22)/t11-,12-,13-,17+,18-/m0/s1. The molecule has 5 heteroatoms. The topological polar surface area (TPSA) is 49.4 Å². The van der Waals surface area contributed by atoms with Gasteiger partial charge < -0.3 is 10.2 Å². The summed E-state index contributed by atoms with van der Waals surface area (Å²) in [5.74, 6) is 1.68. The first-order valence-corrected chi connectivity index (χ1v) is 9.94. The molecule has 23 heavy (non-hydrogen) atoms. The zero-order valence-electron chi connectivity index (χ0n) is 14.6. The van der Waals surface area contributed by atoms with Crippen LogP contribution in [0.4, 0.5) is 0 Å². The molecule has 2 aliphatic heterocycles. The summed E-state index contributed by atoms with van der Waals surface area (Å²) in [7, 11) is 0. The number of thioether (sulfide) groups is 1. The lowest BCUT2D eigenvalue weighted by Gasteiger charge is -2.40. The fraction of sp³-hybridized carbons (Fsp3) is 0.889. The minimum atomic E-state index is -0.272. The average Bonchev–Trinajstić information content (AvgIpc) is 3.09. The van der Waals surface area contributed by atoms with Crippen LogP contribution in [0.5, 0.6) is 0 Å². The predicted octanol–water partition coefficient (Wildman–Crippen LogP) is 2.77. The van der Waals surface area contributed by atoms with E-state index in [9.17, 15) is 9.59 Å². The fourth-order valence-electron chi connectivity index (χ4n) is 5.70. The summed E-state index contributed by atoms with van der Waals surface area (Å²) >= 11 is 1.77. The van der Waals surface area contributed by atoms with Crippen molar-refractivity contribution in [3.05, 3.63) is 0 Å². The smallest absolute Gasteiger partial charge is 0.243 e. The second-order valence-corrected chi connectivity index (χ2v) is 10.4. The molecule has 2 saturated heterocycles. The van der Waals surface area contributed by atoms with Gasteiger partial charge in [0.2, 0.25) is 11.8 Å². The maximum atomic E-state index is 12.9. The van der Waals surface area contributed by atoms with Crippen LogP contribution in [0, 0.1) is 16.7 Å². The van der Waals surface area contributed by atoms with Gasteiger partial charge in [-0.25, -0.2) is 0 Å². The molecule has 128 valence electrons. The van der Waals surface area contributed by atoms with Crippen LogP contribution in [0.2, 0.25) is 0 Å². The predicted molar refractivity (Wildman–Crippen MR) is 91.9 cm³/mol. The highest BCUT2D eigenvalue weighted by molar-refractivity contribution is 8.01. The maximum Gasteiger partial charge on any atom is 0.243 e. The van der Waals surface area contributed by atoms with Gasteiger partial charge in [-0.15, -0.1) is 11.8 Å². The Kier molecular flexibility index (Phi) is 3.21. The van der Waals surface area contributed by atoms with Gasteiger partial charge in [0.1, 0.15) is 6.04 Å². The summed E-state index contributed by atoms with van der Waals surface area (Å²) in [6.45, 7) is 9.18. The monoisotopic (exact) mass is 336 g/mol. The van der Waals surface area contributed by atoms with E-state index in [1.54, 1.807) is 11.8 Å². The number of rotatable bonds is 2. The van der Waals surface area contributed by atoms with Gasteiger partial charge >= 0.3 is 0 Å². The van der Waals surface area contributed by atoms with E-state index >= 15 is 0 Å². The highest BCUT2D eigenvalue weighted by Gasteiger charge is 2.62. The van der Waals surface area contributed by atoms with Gasteiger partial charge in [0.15, 0.2) is 0 Å². The molecular formula is C18H28N2O2S. The molecule has 4 aliphatic rings. The van der Waals surface area contributed by atoms with Gasteiger partial charge in [-0.05, 0) is 49.4 Å². The van der Waals surface area contributed by atoms with E-state index < -0.39 is 0 Å². The number of hydrogen-bond donors (Lipinski definition) is 1. The van der Waals surface area contributed by atoms with Crippen molar-refractivity contribution in [2.24, 2.45) is 16.7 Å². The Morgan fingerprint density at radius 2 is 2.00 bits per heavy atom. The van der Waals surface area contributed by atoms with Crippen LogP contribution in [0.25, 0.3) is 0 Å². The number of hydrogen-bond acceptors (Lipinski definition) is 3. The zero-order chi connectivity index (χ0) is 16.6. The van der Waals surface area contributed by atoms with Crippen LogP contribution in [0.3, 0.4) is 0 Å². The second kappa shape index (κ2) is 4.68. The van der Waals surface area contributed by atoms with Gasteiger partial charge in [-0.1, -0.05) is 20.8 Å². The first-order chi connectivity index (χ1) is 10.7. The van der Waals surface area contributed by atoms with Crippen molar-refractivity contribution < 1.29 is 9.59 Å². The highest BCUT2D eigenvalue weighted by atomic mass is 32.2. The summed E-state index contributed by atoms with van der Waals surface area (Å²) in [5.41, 5.74) is 0.491. The molecule has 2 aliphatic carbocycles. The number of carbonyl (C=O) groups excluding carboxylic acids is 2. The van der Waals surface area contributed by atoms with Crippen LogP contribution in [-0.2, 0) is 9.59 Å². The SMILES string of the molecule is CC1(C)[C@H]2CC[C@]1(C)[C@@H](NC(=O)[C@@H]1CS[C@@]3(C)CCC(=O)N13)C2. The number of carbonyl (C=O) groups is 2. The van der Waals surface area contributed by atoms with Crippen molar-refractivity contribution >= 4 is 23.6 Å². The molecule has 4 nitrogen and oxygen atoms in total. The maximum absolute atomic E-state index is 12.9. The summed E-state index contributed by atoms with van der Waals surface area (Å²) in [4.78, 5) is 26.9. The summed E-state index contributed by atoms with van der Waals surface area (Å²) < 4.78 is 0. The Labute approximate surface area is 143 Å². The summed E-state index contributed by atoms with van der Waals surface area (Å²) in [5, 5.41) is 3.35. The first kappa shape index (κ1) is 15.8. The highest BCUT2D eigenvalue weighted by Crippen LogP contribution is 2.65. The van der Waals surface area contributed by atoms with Crippen LogP contribution < -0.4 is 5.32 Å². The van der Waals surface area contributed by atoms with E-state index in [-0.39, 0.29) is 34.2 Å². The van der Waals surface area contributed by atoms with E-state index in [1.165, 1.54) is 12.8 Å². The fourth-order valence-corrected chi connectivity index (χ4v) is 7.14. The van der Waals surface area contributed by atoms with E-state index in [0.717, 1.165) is 24.5 Å². The largest absolute Gasteiger partial charge is 0.351 e. The molecule has 2 heterocycles. The lowest BCUT2D eigenvalue weighted by molar-refractivity contribution is -0.138. The molecule has 0 unspecified atom stereocenters. The van der Waals surface area contributed by atoms with Gasteiger partial charge in [-0.3, -0.25) is 9.59 Å². The van der Waals surface area contributed by atoms with Crippen LogP contribution in [0.1, 0.15) is 59.8 Å². The van der Waals surface area contributed by atoms with E-state index in [0.29, 0.717) is 11.8 Å².